The van der Waals surface area contributed by atoms with Crippen molar-refractivity contribution in [2.45, 2.75) is 0 Å². The van der Waals surface area contributed by atoms with Gasteiger partial charge in [0, 0.05) is 18.5 Å². The third kappa shape index (κ3) is 1.46. The number of nitrogens with zero attached hydrogens (tertiary/aromatic N) is 2. The summed E-state index contributed by atoms with van der Waals surface area (Å²) in [5.74, 6) is 0. The van der Waals surface area contributed by atoms with Crippen LogP contribution >= 0.6 is 0 Å². The molecule has 0 spiro atoms. The molecule has 0 saturated heterocycles. The van der Waals surface area contributed by atoms with Crippen molar-refractivity contribution in [1.29, 1.82) is 0 Å². The molecule has 4 nitrogen and oxygen atoms in total. The fraction of sp³-hybridized carbons (Fsp3) is 0.200. The highest BCUT2D eigenvalue weighted by Crippen LogP contribution is 1.92. The van der Waals surface area contributed by atoms with E-state index in [1.165, 1.54) is 0 Å². The third-order valence-electron chi connectivity index (χ3n) is 2.10. The summed E-state index contributed by atoms with van der Waals surface area (Å²) in [5.41, 5.74) is 0. The maximum atomic E-state index is 11.3. The van der Waals surface area contributed by atoms with Gasteiger partial charge in [0.05, 0.1) is 5.36 Å². The Balaban J connectivity index is 2.43. The van der Waals surface area contributed by atoms with Crippen molar-refractivity contribution in [2.24, 2.45) is 4.99 Å². The first-order chi connectivity index (χ1) is 6.81. The molecule has 2 rings (SSSR count). The van der Waals surface area contributed by atoms with Gasteiger partial charge in [-0.3, -0.25) is 9.89 Å². The number of para-hydroxylation sites is 1. The molecular formula is C10H11N3O. The Morgan fingerprint density at radius 3 is 3.07 bits per heavy atom. The van der Waals surface area contributed by atoms with E-state index in [0.29, 0.717) is 6.67 Å². The molecule has 4 heteroatoms. The Labute approximate surface area is 81.6 Å². The van der Waals surface area contributed by atoms with Crippen LogP contribution in [0.2, 0.25) is 0 Å². The van der Waals surface area contributed by atoms with Gasteiger partial charge in [-0.1, -0.05) is 18.2 Å². The van der Waals surface area contributed by atoms with Gasteiger partial charge >= 0.3 is 6.03 Å². The van der Waals surface area contributed by atoms with E-state index in [1.54, 1.807) is 18.1 Å². The third-order valence-corrected chi connectivity index (χ3v) is 2.10. The summed E-state index contributed by atoms with van der Waals surface area (Å²) in [7, 11) is 1.61. The van der Waals surface area contributed by atoms with Crippen molar-refractivity contribution in [3.63, 3.8) is 0 Å². The Hall–Kier alpha value is -1.84. The van der Waals surface area contributed by atoms with Crippen molar-refractivity contribution in [3.05, 3.63) is 34.8 Å². The quantitative estimate of drug-likeness (QED) is 0.596. The summed E-state index contributed by atoms with van der Waals surface area (Å²) in [6.45, 7) is 0.386. The number of amides is 2. The molecule has 1 aliphatic heterocycles. The monoisotopic (exact) mass is 189 g/mol. The second kappa shape index (κ2) is 3.49. The topological polar surface area (TPSA) is 44.7 Å². The summed E-state index contributed by atoms with van der Waals surface area (Å²) in [6, 6.07) is 7.61. The molecule has 0 bridgehead atoms. The predicted molar refractivity (Wildman–Crippen MR) is 52.8 cm³/mol. The Bertz CT molecular complexity index is 467. The summed E-state index contributed by atoms with van der Waals surface area (Å²) < 4.78 is 0. The van der Waals surface area contributed by atoms with E-state index in [9.17, 15) is 4.79 Å². The number of fused-ring (bicyclic) bond motifs is 1. The maximum Gasteiger partial charge on any atom is 0.322 e. The summed E-state index contributed by atoms with van der Waals surface area (Å²) in [5, 5.41) is 4.47. The molecule has 0 atom stereocenters. The van der Waals surface area contributed by atoms with Crippen LogP contribution in [0.4, 0.5) is 4.79 Å². The van der Waals surface area contributed by atoms with E-state index in [4.69, 9.17) is 0 Å². The first-order valence-corrected chi connectivity index (χ1v) is 4.41. The minimum Gasteiger partial charge on any atom is -0.341 e. The first-order valence-electron chi connectivity index (χ1n) is 4.41. The number of rotatable bonds is 0. The Morgan fingerprint density at radius 1 is 1.50 bits per heavy atom. The SMILES string of the molecule is CNC(=O)N1C=c2ccccc2=NC1. The second-order valence-corrected chi connectivity index (χ2v) is 3.01. The van der Waals surface area contributed by atoms with Gasteiger partial charge < -0.3 is 5.32 Å². The second-order valence-electron chi connectivity index (χ2n) is 3.01. The smallest absolute Gasteiger partial charge is 0.322 e. The minimum atomic E-state index is -0.136. The van der Waals surface area contributed by atoms with Gasteiger partial charge in [0.1, 0.15) is 6.67 Å². The highest BCUT2D eigenvalue weighted by Gasteiger charge is 2.09. The fourth-order valence-electron chi connectivity index (χ4n) is 1.37. The molecule has 0 aliphatic carbocycles. The lowest BCUT2D eigenvalue weighted by atomic mass is 10.3. The van der Waals surface area contributed by atoms with Crippen LogP contribution in [-0.2, 0) is 0 Å². The largest absolute Gasteiger partial charge is 0.341 e. The van der Waals surface area contributed by atoms with Crippen LogP contribution in [0, 0.1) is 0 Å². The molecule has 1 N–H and O–H groups in total. The average Bonchev–Trinajstić information content (AvgIpc) is 2.27. The van der Waals surface area contributed by atoms with Gasteiger partial charge in [0.2, 0.25) is 0 Å². The van der Waals surface area contributed by atoms with Crippen molar-refractivity contribution in [3.8, 4) is 0 Å². The van der Waals surface area contributed by atoms with Gasteiger partial charge in [-0.05, 0) is 6.07 Å². The summed E-state index contributed by atoms with van der Waals surface area (Å²) in [6.07, 6.45) is 1.81. The molecule has 1 aromatic carbocycles. The number of carbonyl (C=O) groups excluding carboxylic acids is 1. The first kappa shape index (κ1) is 8.74. The lowest BCUT2D eigenvalue weighted by Crippen LogP contribution is -2.41. The molecule has 0 unspecified atom stereocenters. The highest BCUT2D eigenvalue weighted by molar-refractivity contribution is 5.78. The summed E-state index contributed by atoms with van der Waals surface area (Å²) in [4.78, 5) is 17.1. The molecule has 1 aromatic rings. The standard InChI is InChI=1S/C10H11N3O/c1-11-10(14)13-6-8-4-2-3-5-9(8)12-7-13/h2-6H,7H2,1H3,(H,11,14). The maximum absolute atomic E-state index is 11.3. The van der Waals surface area contributed by atoms with Gasteiger partial charge in [0.15, 0.2) is 0 Å². The van der Waals surface area contributed by atoms with Crippen LogP contribution in [0.3, 0.4) is 0 Å². The highest BCUT2D eigenvalue weighted by atomic mass is 16.2. The van der Waals surface area contributed by atoms with Crippen molar-refractivity contribution < 1.29 is 4.79 Å². The Kier molecular flexibility index (Phi) is 2.18. The van der Waals surface area contributed by atoms with Gasteiger partial charge in [-0.25, -0.2) is 4.79 Å². The number of urea groups is 1. The van der Waals surface area contributed by atoms with Gasteiger partial charge in [0.25, 0.3) is 0 Å². The molecule has 0 aromatic heterocycles. The van der Waals surface area contributed by atoms with E-state index >= 15 is 0 Å². The summed E-state index contributed by atoms with van der Waals surface area (Å²) >= 11 is 0. The molecule has 0 radical (unpaired) electrons. The molecule has 0 saturated carbocycles. The zero-order valence-corrected chi connectivity index (χ0v) is 7.90. The van der Waals surface area contributed by atoms with E-state index in [1.807, 2.05) is 24.3 Å². The van der Waals surface area contributed by atoms with Gasteiger partial charge in [-0.2, -0.15) is 0 Å². The number of benzene rings is 1. The van der Waals surface area contributed by atoms with E-state index in [0.717, 1.165) is 10.6 Å². The number of hydrogen-bond acceptors (Lipinski definition) is 2. The molecule has 14 heavy (non-hydrogen) atoms. The minimum absolute atomic E-state index is 0.136. The van der Waals surface area contributed by atoms with E-state index in [-0.39, 0.29) is 6.03 Å². The number of hydrogen-bond donors (Lipinski definition) is 1. The van der Waals surface area contributed by atoms with Crippen molar-refractivity contribution >= 4 is 12.2 Å². The zero-order chi connectivity index (χ0) is 9.97. The predicted octanol–water partition coefficient (Wildman–Crippen LogP) is -0.343. The lowest BCUT2D eigenvalue weighted by Gasteiger charge is -2.17. The zero-order valence-electron chi connectivity index (χ0n) is 7.90. The molecular weight excluding hydrogens is 178 g/mol. The van der Waals surface area contributed by atoms with Crippen LogP contribution in [0.25, 0.3) is 6.20 Å². The number of carbonyl (C=O) groups is 1. The normalized spacial score (nSPS) is 13.6. The lowest BCUT2D eigenvalue weighted by molar-refractivity contribution is 0.222. The number of nitrogens with one attached hydrogen (secondary N) is 1. The molecule has 0 fully saturated rings. The molecule has 1 aliphatic rings. The van der Waals surface area contributed by atoms with Crippen LogP contribution in [0.5, 0.6) is 0 Å². The molecule has 2 amide bonds. The van der Waals surface area contributed by atoms with Gasteiger partial charge in [-0.15, -0.1) is 0 Å². The van der Waals surface area contributed by atoms with E-state index < -0.39 is 0 Å². The fourth-order valence-corrected chi connectivity index (χ4v) is 1.37. The Morgan fingerprint density at radius 2 is 2.29 bits per heavy atom. The van der Waals surface area contributed by atoms with Crippen LogP contribution in [0.1, 0.15) is 0 Å². The van der Waals surface area contributed by atoms with Crippen LogP contribution in [0.15, 0.2) is 29.3 Å². The molecule has 72 valence electrons. The van der Waals surface area contributed by atoms with Crippen molar-refractivity contribution in [1.82, 2.24) is 10.2 Å². The molecule has 1 heterocycles. The van der Waals surface area contributed by atoms with E-state index in [2.05, 4.69) is 10.3 Å². The van der Waals surface area contributed by atoms with Crippen LogP contribution in [-0.4, -0.2) is 24.6 Å². The average molecular weight is 189 g/mol. The van der Waals surface area contributed by atoms with Crippen LogP contribution < -0.4 is 15.9 Å². The van der Waals surface area contributed by atoms with Crippen molar-refractivity contribution in [2.75, 3.05) is 13.7 Å².